The predicted molar refractivity (Wildman–Crippen MR) is 67.5 cm³/mol. The number of hydrogen-bond acceptors (Lipinski definition) is 4. The number of rotatable bonds is 3. The van der Waals surface area contributed by atoms with Crippen LogP contribution in [0.2, 0.25) is 0 Å². The lowest BCUT2D eigenvalue weighted by Crippen LogP contribution is -2.40. The smallest absolute Gasteiger partial charge is 0.328 e. The molecule has 0 atom stereocenters. The first kappa shape index (κ1) is 12.7. The Morgan fingerprint density at radius 1 is 1.39 bits per heavy atom. The Morgan fingerprint density at radius 2 is 2.06 bits per heavy atom. The molecule has 0 aliphatic heterocycles. The zero-order valence-electron chi connectivity index (χ0n) is 9.93. The van der Waals surface area contributed by atoms with Crippen molar-refractivity contribution in [1.29, 1.82) is 0 Å². The minimum Gasteiger partial charge on any atom is -0.398 e. The van der Waals surface area contributed by atoms with E-state index in [1.807, 2.05) is 4.72 Å². The third kappa shape index (κ3) is 2.92. The molecule has 1 aromatic carbocycles. The van der Waals surface area contributed by atoms with Crippen LogP contribution in [0.5, 0.6) is 0 Å². The first-order valence-corrected chi connectivity index (χ1v) is 7.06. The summed E-state index contributed by atoms with van der Waals surface area (Å²) in [5, 5.41) is 2.54. The van der Waals surface area contributed by atoms with Crippen molar-refractivity contribution in [2.45, 2.75) is 30.7 Å². The lowest BCUT2D eigenvalue weighted by molar-refractivity contribution is 0.245. The number of urea groups is 1. The van der Waals surface area contributed by atoms with Gasteiger partial charge in [0.25, 0.3) is 10.0 Å². The highest BCUT2D eigenvalue weighted by atomic mass is 32.2. The van der Waals surface area contributed by atoms with Gasteiger partial charge < -0.3 is 11.1 Å². The van der Waals surface area contributed by atoms with Gasteiger partial charge in [0.2, 0.25) is 0 Å². The van der Waals surface area contributed by atoms with Crippen LogP contribution in [-0.2, 0) is 10.0 Å². The van der Waals surface area contributed by atoms with Gasteiger partial charge in [-0.3, -0.25) is 0 Å². The molecular formula is C11H15N3O3S. The van der Waals surface area contributed by atoms with Crippen LogP contribution in [0.15, 0.2) is 23.1 Å². The summed E-state index contributed by atoms with van der Waals surface area (Å²) >= 11 is 0. The second-order valence-electron chi connectivity index (χ2n) is 4.39. The molecule has 98 valence electrons. The van der Waals surface area contributed by atoms with Crippen LogP contribution in [0.3, 0.4) is 0 Å². The second kappa shape index (κ2) is 4.49. The fourth-order valence-corrected chi connectivity index (χ4v) is 2.56. The Morgan fingerprint density at radius 3 is 2.61 bits per heavy atom. The number of sulfonamides is 1. The van der Waals surface area contributed by atoms with E-state index in [9.17, 15) is 13.2 Å². The van der Waals surface area contributed by atoms with Gasteiger partial charge in [-0.25, -0.2) is 17.9 Å². The lowest BCUT2D eigenvalue weighted by atomic mass is 10.2. The van der Waals surface area contributed by atoms with Crippen LogP contribution < -0.4 is 15.8 Å². The van der Waals surface area contributed by atoms with Crippen LogP contribution in [-0.4, -0.2) is 20.5 Å². The standard InChI is InChI=1S/C11H15N3O3S/c1-7-2-5-10(9(12)6-7)18(16,17)14-11(15)13-8-3-4-8/h2,5-6,8H,3-4,12H2,1H3,(H2,13,14,15). The van der Waals surface area contributed by atoms with Crippen molar-refractivity contribution in [3.63, 3.8) is 0 Å². The van der Waals surface area contributed by atoms with Gasteiger partial charge in [0.15, 0.2) is 0 Å². The molecule has 6 nitrogen and oxygen atoms in total. The van der Waals surface area contributed by atoms with E-state index in [1.165, 1.54) is 6.07 Å². The number of nitrogen functional groups attached to an aromatic ring is 1. The number of benzene rings is 1. The molecule has 0 bridgehead atoms. The number of aryl methyl sites for hydroxylation is 1. The van der Waals surface area contributed by atoms with Crippen LogP contribution in [0.1, 0.15) is 18.4 Å². The monoisotopic (exact) mass is 269 g/mol. The SMILES string of the molecule is Cc1ccc(S(=O)(=O)NC(=O)NC2CC2)c(N)c1. The van der Waals surface area contributed by atoms with Crippen LogP contribution in [0.25, 0.3) is 0 Å². The molecule has 2 rings (SSSR count). The highest BCUT2D eigenvalue weighted by molar-refractivity contribution is 7.90. The number of amides is 2. The quantitative estimate of drug-likeness (QED) is 0.704. The maximum absolute atomic E-state index is 11.9. The van der Waals surface area contributed by atoms with Crippen molar-refractivity contribution >= 4 is 21.7 Å². The summed E-state index contributed by atoms with van der Waals surface area (Å²) in [5.74, 6) is 0. The number of carbonyl (C=O) groups excluding carboxylic acids is 1. The van der Waals surface area contributed by atoms with Crippen molar-refractivity contribution in [2.75, 3.05) is 5.73 Å². The van der Waals surface area contributed by atoms with E-state index in [0.29, 0.717) is 0 Å². The number of hydrogen-bond donors (Lipinski definition) is 3. The Balaban J connectivity index is 2.16. The maximum Gasteiger partial charge on any atom is 0.328 e. The first-order valence-electron chi connectivity index (χ1n) is 5.58. The summed E-state index contributed by atoms with van der Waals surface area (Å²) in [4.78, 5) is 11.3. The van der Waals surface area contributed by atoms with E-state index in [2.05, 4.69) is 5.32 Å². The minimum absolute atomic E-state index is 0.0842. The van der Waals surface area contributed by atoms with Crippen LogP contribution >= 0.6 is 0 Å². The fraction of sp³-hybridized carbons (Fsp3) is 0.364. The summed E-state index contributed by atoms with van der Waals surface area (Å²) in [6.45, 7) is 1.81. The van der Waals surface area contributed by atoms with Gasteiger partial charge in [0.05, 0.1) is 5.69 Å². The third-order valence-corrected chi connectivity index (χ3v) is 4.00. The molecule has 1 aromatic rings. The highest BCUT2D eigenvalue weighted by Crippen LogP contribution is 2.20. The molecule has 0 saturated heterocycles. The van der Waals surface area contributed by atoms with Crippen LogP contribution in [0, 0.1) is 6.92 Å². The first-order chi connectivity index (χ1) is 8.38. The van der Waals surface area contributed by atoms with Crippen molar-refractivity contribution in [2.24, 2.45) is 0 Å². The number of nitrogens with two attached hydrogens (primary N) is 1. The van der Waals surface area contributed by atoms with Gasteiger partial charge in [-0.15, -0.1) is 0 Å². The normalized spacial score (nSPS) is 15.2. The van der Waals surface area contributed by atoms with E-state index in [-0.39, 0.29) is 16.6 Å². The topological polar surface area (TPSA) is 101 Å². The molecule has 18 heavy (non-hydrogen) atoms. The minimum atomic E-state index is -3.91. The van der Waals surface area contributed by atoms with E-state index in [0.717, 1.165) is 18.4 Å². The van der Waals surface area contributed by atoms with Crippen LogP contribution in [0.4, 0.5) is 10.5 Å². The van der Waals surface area contributed by atoms with E-state index < -0.39 is 16.1 Å². The molecule has 7 heteroatoms. The molecule has 1 aliphatic rings. The Labute approximate surface area is 106 Å². The van der Waals surface area contributed by atoms with Crippen molar-refractivity contribution < 1.29 is 13.2 Å². The third-order valence-electron chi connectivity index (χ3n) is 2.59. The largest absolute Gasteiger partial charge is 0.398 e. The average Bonchev–Trinajstić information content (AvgIpc) is 2.99. The van der Waals surface area contributed by atoms with E-state index in [4.69, 9.17) is 5.73 Å². The molecular weight excluding hydrogens is 254 g/mol. The summed E-state index contributed by atoms with van der Waals surface area (Å²) in [6.07, 6.45) is 1.78. The summed E-state index contributed by atoms with van der Waals surface area (Å²) < 4.78 is 25.8. The molecule has 1 aliphatic carbocycles. The Bertz CT molecular complexity index is 579. The van der Waals surface area contributed by atoms with Gasteiger partial charge in [-0.05, 0) is 37.5 Å². The van der Waals surface area contributed by atoms with Gasteiger partial charge in [0.1, 0.15) is 4.90 Å². The van der Waals surface area contributed by atoms with E-state index in [1.54, 1.807) is 19.1 Å². The molecule has 0 aromatic heterocycles. The number of anilines is 1. The highest BCUT2D eigenvalue weighted by Gasteiger charge is 2.26. The molecule has 0 heterocycles. The van der Waals surface area contributed by atoms with Gasteiger partial charge in [-0.1, -0.05) is 6.07 Å². The maximum atomic E-state index is 11.9. The van der Waals surface area contributed by atoms with Crippen molar-refractivity contribution in [3.05, 3.63) is 23.8 Å². The van der Waals surface area contributed by atoms with Crippen molar-refractivity contribution in [1.82, 2.24) is 10.0 Å². The summed E-state index contributed by atoms with van der Waals surface area (Å²) in [6, 6.07) is 3.95. The summed E-state index contributed by atoms with van der Waals surface area (Å²) in [5.41, 5.74) is 6.63. The molecule has 1 fully saturated rings. The molecule has 1 saturated carbocycles. The lowest BCUT2D eigenvalue weighted by Gasteiger charge is -2.10. The number of carbonyl (C=O) groups is 1. The fourth-order valence-electron chi connectivity index (χ4n) is 1.53. The zero-order chi connectivity index (χ0) is 13.3. The molecule has 4 N–H and O–H groups in total. The van der Waals surface area contributed by atoms with Crippen molar-refractivity contribution in [3.8, 4) is 0 Å². The second-order valence-corrected chi connectivity index (χ2v) is 6.05. The average molecular weight is 269 g/mol. The molecule has 2 amide bonds. The van der Waals surface area contributed by atoms with E-state index >= 15 is 0 Å². The Kier molecular flexibility index (Phi) is 3.16. The van der Waals surface area contributed by atoms with Gasteiger partial charge >= 0.3 is 6.03 Å². The Hall–Kier alpha value is -1.76. The molecule has 0 spiro atoms. The van der Waals surface area contributed by atoms with Gasteiger partial charge in [-0.2, -0.15) is 0 Å². The molecule has 0 radical (unpaired) electrons. The van der Waals surface area contributed by atoms with Gasteiger partial charge in [0, 0.05) is 6.04 Å². The number of nitrogens with one attached hydrogen (secondary N) is 2. The zero-order valence-corrected chi connectivity index (χ0v) is 10.8. The summed E-state index contributed by atoms with van der Waals surface area (Å²) in [7, 11) is -3.91. The molecule has 0 unspecified atom stereocenters. The predicted octanol–water partition coefficient (Wildman–Crippen LogP) is 0.728.